The van der Waals surface area contributed by atoms with Gasteiger partial charge in [-0.3, -0.25) is 4.98 Å². The van der Waals surface area contributed by atoms with Crippen molar-refractivity contribution in [2.45, 2.75) is 25.0 Å². The number of rotatable bonds is 3. The summed E-state index contributed by atoms with van der Waals surface area (Å²) in [5, 5.41) is 7.03. The van der Waals surface area contributed by atoms with Gasteiger partial charge in [0.05, 0.1) is 6.20 Å². The summed E-state index contributed by atoms with van der Waals surface area (Å²) in [6, 6.07) is 0. The molecule has 5 nitrogen and oxygen atoms in total. The number of halogens is 3. The molecular formula is C11H10F3N5S. The highest BCUT2D eigenvalue weighted by Crippen LogP contribution is 2.33. The van der Waals surface area contributed by atoms with Gasteiger partial charge in [-0.15, -0.1) is 16.9 Å². The van der Waals surface area contributed by atoms with Crippen LogP contribution in [-0.4, -0.2) is 25.3 Å². The molecule has 106 valence electrons. The number of hydrogen-bond donors (Lipinski definition) is 0. The first kappa shape index (κ1) is 14.6. The van der Waals surface area contributed by atoms with Gasteiger partial charge in [-0.05, 0) is 5.92 Å². The van der Waals surface area contributed by atoms with E-state index in [2.05, 4.69) is 20.0 Å². The number of alkyl halides is 3. The van der Waals surface area contributed by atoms with Crippen molar-refractivity contribution in [3.8, 4) is 0 Å². The van der Waals surface area contributed by atoms with E-state index in [-0.39, 0.29) is 11.5 Å². The van der Waals surface area contributed by atoms with Crippen LogP contribution in [0.2, 0.25) is 0 Å². The van der Waals surface area contributed by atoms with Gasteiger partial charge in [0.1, 0.15) is 0 Å². The molecule has 0 aromatic carbocycles. The zero-order chi connectivity index (χ0) is 14.9. The summed E-state index contributed by atoms with van der Waals surface area (Å²) in [6.07, 6.45) is -3.55. The molecule has 2 aromatic heterocycles. The molecule has 0 radical (unpaired) electrons. The van der Waals surface area contributed by atoms with E-state index in [1.165, 1.54) is 11.8 Å². The predicted molar refractivity (Wildman–Crippen MR) is 67.6 cm³/mol. The van der Waals surface area contributed by atoms with Crippen molar-refractivity contribution in [3.05, 3.63) is 23.4 Å². The van der Waals surface area contributed by atoms with Gasteiger partial charge in [0.25, 0.3) is 11.5 Å². The van der Waals surface area contributed by atoms with E-state index in [0.717, 1.165) is 6.20 Å². The monoisotopic (exact) mass is 301 g/mol. The third-order valence-corrected chi connectivity index (χ3v) is 3.70. The molecular weight excluding hydrogens is 291 g/mol. The zero-order valence-corrected chi connectivity index (χ0v) is 11.5. The summed E-state index contributed by atoms with van der Waals surface area (Å²) >= 11 is 1.30. The molecule has 20 heavy (non-hydrogen) atoms. The highest BCUT2D eigenvalue weighted by atomic mass is 32.2. The second kappa shape index (κ2) is 5.28. The van der Waals surface area contributed by atoms with Crippen LogP contribution in [0, 0.1) is 12.5 Å². The Balaban J connectivity index is 2.60. The fourth-order valence-electron chi connectivity index (χ4n) is 1.48. The standard InChI is InChI=1S/C11H10F3N5S/c1-6(2)5-20-9-8-17-18-10(11(12,13)14)19(8)7(15-3)4-16-9/h4,6H,5H2,1-2H3. The summed E-state index contributed by atoms with van der Waals surface area (Å²) in [5.41, 5.74) is -0.0310. The first-order valence-electron chi connectivity index (χ1n) is 5.66. The van der Waals surface area contributed by atoms with Gasteiger partial charge >= 0.3 is 12.0 Å². The van der Waals surface area contributed by atoms with Crippen LogP contribution in [0.15, 0.2) is 11.2 Å². The van der Waals surface area contributed by atoms with Crippen molar-refractivity contribution in [3.63, 3.8) is 0 Å². The molecule has 2 aromatic rings. The average Bonchev–Trinajstić information content (AvgIpc) is 2.80. The second-order valence-corrected chi connectivity index (χ2v) is 5.43. The summed E-state index contributed by atoms with van der Waals surface area (Å²) in [5.74, 6) is -0.417. The molecule has 0 atom stereocenters. The lowest BCUT2D eigenvalue weighted by atomic mass is 10.3. The first-order chi connectivity index (χ1) is 9.34. The summed E-state index contributed by atoms with van der Waals surface area (Å²) in [4.78, 5) is 7.05. The molecule has 0 unspecified atom stereocenters. The van der Waals surface area contributed by atoms with Gasteiger partial charge in [-0.25, -0.2) is 4.40 Å². The highest BCUT2D eigenvalue weighted by molar-refractivity contribution is 7.99. The molecule has 0 N–H and O–H groups in total. The second-order valence-electron chi connectivity index (χ2n) is 4.42. The lowest BCUT2D eigenvalue weighted by Gasteiger charge is -2.06. The van der Waals surface area contributed by atoms with Gasteiger partial charge in [0.2, 0.25) is 0 Å². The van der Waals surface area contributed by atoms with Crippen LogP contribution in [-0.2, 0) is 6.18 Å². The molecule has 0 fully saturated rings. The van der Waals surface area contributed by atoms with Crippen molar-refractivity contribution >= 4 is 23.2 Å². The molecule has 0 saturated heterocycles. The summed E-state index contributed by atoms with van der Waals surface area (Å²) in [7, 11) is 0. The topological polar surface area (TPSA) is 47.4 Å². The number of fused-ring (bicyclic) bond motifs is 1. The maximum absolute atomic E-state index is 12.9. The number of aromatic nitrogens is 4. The van der Waals surface area contributed by atoms with Crippen LogP contribution in [0.5, 0.6) is 0 Å². The van der Waals surface area contributed by atoms with Crippen molar-refractivity contribution < 1.29 is 13.2 Å². The minimum Gasteiger partial charge on any atom is -0.362 e. The summed E-state index contributed by atoms with van der Waals surface area (Å²) < 4.78 is 39.3. The molecule has 2 heterocycles. The van der Waals surface area contributed by atoms with Crippen LogP contribution < -0.4 is 0 Å². The Morgan fingerprint density at radius 3 is 2.65 bits per heavy atom. The van der Waals surface area contributed by atoms with E-state index in [4.69, 9.17) is 6.57 Å². The smallest absolute Gasteiger partial charge is 0.362 e. The molecule has 0 spiro atoms. The minimum absolute atomic E-state index is 0.0310. The maximum atomic E-state index is 12.9. The SMILES string of the molecule is [C-]#[N+]c1cnc(SCC(C)C)c2nnc(C(F)(F)F)n12. The Bertz CT molecular complexity index is 671. The van der Waals surface area contributed by atoms with E-state index < -0.39 is 12.0 Å². The maximum Gasteiger partial charge on any atom is 0.473 e. The fraction of sp³-hybridized carbons (Fsp3) is 0.455. The van der Waals surface area contributed by atoms with Crippen molar-refractivity contribution in [1.29, 1.82) is 0 Å². The van der Waals surface area contributed by atoms with E-state index >= 15 is 0 Å². The van der Waals surface area contributed by atoms with Crippen LogP contribution in [0.1, 0.15) is 19.7 Å². The van der Waals surface area contributed by atoms with E-state index in [0.29, 0.717) is 21.1 Å². The van der Waals surface area contributed by atoms with Gasteiger partial charge in [-0.1, -0.05) is 25.5 Å². The number of nitrogens with zero attached hydrogens (tertiary/aromatic N) is 5. The molecule has 0 bridgehead atoms. The van der Waals surface area contributed by atoms with Crippen molar-refractivity contribution in [1.82, 2.24) is 19.6 Å². The number of thioether (sulfide) groups is 1. The third-order valence-electron chi connectivity index (χ3n) is 2.30. The van der Waals surface area contributed by atoms with Gasteiger partial charge in [-0.2, -0.15) is 13.2 Å². The zero-order valence-electron chi connectivity index (χ0n) is 10.6. The Morgan fingerprint density at radius 1 is 1.40 bits per heavy atom. The highest BCUT2D eigenvalue weighted by Gasteiger charge is 2.41. The molecule has 0 aliphatic heterocycles. The van der Waals surface area contributed by atoms with Gasteiger partial charge in [0, 0.05) is 5.75 Å². The van der Waals surface area contributed by atoms with Gasteiger partial charge in [0.15, 0.2) is 5.03 Å². The molecule has 0 amide bonds. The third kappa shape index (κ3) is 2.70. The Labute approximate surface area is 117 Å². The predicted octanol–water partition coefficient (Wildman–Crippen LogP) is 3.44. The van der Waals surface area contributed by atoms with E-state index in [1.54, 1.807) is 0 Å². The molecule has 0 saturated carbocycles. The van der Waals surface area contributed by atoms with Crippen LogP contribution in [0.4, 0.5) is 19.0 Å². The lowest BCUT2D eigenvalue weighted by Crippen LogP contribution is -2.11. The van der Waals surface area contributed by atoms with Crippen molar-refractivity contribution in [2.75, 3.05) is 5.75 Å². The van der Waals surface area contributed by atoms with Crippen molar-refractivity contribution in [2.24, 2.45) is 5.92 Å². The quantitative estimate of drug-likeness (QED) is 0.643. The molecule has 0 aliphatic carbocycles. The first-order valence-corrected chi connectivity index (χ1v) is 6.64. The summed E-state index contributed by atoms with van der Waals surface area (Å²) in [6.45, 7) is 10.9. The Kier molecular flexibility index (Phi) is 3.85. The minimum atomic E-state index is -4.67. The fourth-order valence-corrected chi connectivity index (χ4v) is 2.36. The van der Waals surface area contributed by atoms with Gasteiger partial charge < -0.3 is 4.85 Å². The van der Waals surface area contributed by atoms with E-state index in [9.17, 15) is 13.2 Å². The Morgan fingerprint density at radius 2 is 2.10 bits per heavy atom. The average molecular weight is 301 g/mol. The molecule has 0 aliphatic rings. The van der Waals surface area contributed by atoms with Crippen LogP contribution >= 0.6 is 11.8 Å². The molecule has 9 heteroatoms. The van der Waals surface area contributed by atoms with E-state index in [1.807, 2.05) is 13.8 Å². The Hall–Kier alpha value is -1.82. The number of hydrogen-bond acceptors (Lipinski definition) is 4. The lowest BCUT2D eigenvalue weighted by molar-refractivity contribution is -0.145. The molecule has 2 rings (SSSR count). The largest absolute Gasteiger partial charge is 0.473 e. The normalized spacial score (nSPS) is 12.1. The van der Waals surface area contributed by atoms with Crippen LogP contribution in [0.25, 0.3) is 10.5 Å². The van der Waals surface area contributed by atoms with Crippen LogP contribution in [0.3, 0.4) is 0 Å².